The van der Waals surface area contributed by atoms with Crippen LogP contribution in [0.4, 0.5) is 47.1 Å². The van der Waals surface area contributed by atoms with E-state index in [1.54, 1.807) is 9.80 Å². The van der Waals surface area contributed by atoms with Crippen molar-refractivity contribution in [1.29, 1.82) is 0 Å². The molecule has 0 aromatic carbocycles. The maximum Gasteiger partial charge on any atom is 0.228 e. The second kappa shape index (κ2) is 28.4. The summed E-state index contributed by atoms with van der Waals surface area (Å²) in [5.74, 6) is 4.60. The molecule has 24 nitrogen and oxygen atoms in total. The SMILES string of the molecule is OCCN(CCO)c1nc(N(CCO)CCO)c2nc(N3CCCCC3)nc(N3CCCCC3)c2n1.OCCN(CCO)c1nc(N2CCCCC2)c2nc(N3CCCCC3)nc(N(CCO)CCO)c2n1. The highest BCUT2D eigenvalue weighted by atomic mass is 16.3. The van der Waals surface area contributed by atoms with E-state index in [4.69, 9.17) is 39.9 Å². The van der Waals surface area contributed by atoms with Gasteiger partial charge in [-0.3, -0.25) is 0 Å². The van der Waals surface area contributed by atoms with Gasteiger partial charge in [0, 0.05) is 105 Å². The Bertz CT molecular complexity index is 2220. The number of aromatic nitrogens is 8. The van der Waals surface area contributed by atoms with Crippen molar-refractivity contribution in [2.24, 2.45) is 0 Å². The Labute approximate surface area is 422 Å². The molecule has 0 unspecified atom stereocenters. The van der Waals surface area contributed by atoms with Crippen molar-refractivity contribution in [3.8, 4) is 0 Å². The molecular formula is C48H80N16O8. The third-order valence-corrected chi connectivity index (χ3v) is 13.7. The predicted molar refractivity (Wildman–Crippen MR) is 280 cm³/mol. The number of hydrogen-bond acceptors (Lipinski definition) is 24. The summed E-state index contributed by atoms with van der Waals surface area (Å²) in [6, 6.07) is 0. The maximum atomic E-state index is 9.77. The first kappa shape index (κ1) is 54.7. The number of aliphatic hydroxyl groups excluding tert-OH is 8. The van der Waals surface area contributed by atoms with Crippen LogP contribution in [0.1, 0.15) is 77.0 Å². The van der Waals surface area contributed by atoms with Gasteiger partial charge < -0.3 is 80.1 Å². The van der Waals surface area contributed by atoms with Gasteiger partial charge in [-0.2, -0.15) is 19.9 Å². The number of fused-ring (bicyclic) bond motifs is 2. The van der Waals surface area contributed by atoms with Crippen molar-refractivity contribution in [2.75, 3.05) is 197 Å². The van der Waals surface area contributed by atoms with Crippen molar-refractivity contribution in [2.45, 2.75) is 77.0 Å². The second-order valence-electron chi connectivity index (χ2n) is 18.7. The highest BCUT2D eigenvalue weighted by molar-refractivity contribution is 5.96. The highest BCUT2D eigenvalue weighted by Crippen LogP contribution is 2.36. The minimum atomic E-state index is -0.114. The van der Waals surface area contributed by atoms with E-state index < -0.39 is 0 Å². The number of piperidine rings is 4. The van der Waals surface area contributed by atoms with Crippen molar-refractivity contribution >= 4 is 69.1 Å². The van der Waals surface area contributed by atoms with Crippen LogP contribution in [0.2, 0.25) is 0 Å². The first-order valence-corrected chi connectivity index (χ1v) is 26.5. The average Bonchev–Trinajstić information content (AvgIpc) is 3.42. The molecular weight excluding hydrogens is 929 g/mol. The van der Waals surface area contributed by atoms with Crippen LogP contribution in [-0.2, 0) is 0 Å². The average molecular weight is 1010 g/mol. The maximum absolute atomic E-state index is 9.77. The van der Waals surface area contributed by atoms with Gasteiger partial charge in [0.05, 0.1) is 52.9 Å². The topological polar surface area (TPSA) is 291 Å². The summed E-state index contributed by atoms with van der Waals surface area (Å²) in [6.07, 6.45) is 13.4. The molecule has 0 bridgehead atoms. The van der Waals surface area contributed by atoms with E-state index in [-0.39, 0.29) is 92.1 Å². The first-order chi connectivity index (χ1) is 35.4. The quantitative estimate of drug-likeness (QED) is 0.0457. The fourth-order valence-corrected chi connectivity index (χ4v) is 10.0. The standard InChI is InChI=1S/2C24H40N8O4/c33-15-11-30(12-16-34)22-20-19(26-24(28-22)32(13-17-35)14-18-36)21(29-7-3-1-4-8-29)27-23(25-20)31-9-5-2-6-10-31;33-15-11-30(12-16-34)22-20-19(25-23(28-22)31-9-5-2-6-10-31)21(29-7-3-1-4-8-29)27-24(26-20)32(13-17-35)14-18-36/h2*33-36H,1-18H2. The van der Waals surface area contributed by atoms with Crippen molar-refractivity contribution in [1.82, 2.24) is 39.9 Å². The highest BCUT2D eigenvalue weighted by Gasteiger charge is 2.29. The fraction of sp³-hybridized carbons (Fsp3) is 0.750. The third-order valence-electron chi connectivity index (χ3n) is 13.7. The zero-order chi connectivity index (χ0) is 50.7. The summed E-state index contributed by atoms with van der Waals surface area (Å²) < 4.78 is 0. The van der Waals surface area contributed by atoms with Crippen LogP contribution in [0.3, 0.4) is 0 Å². The van der Waals surface area contributed by atoms with Crippen LogP contribution in [0.15, 0.2) is 0 Å². The van der Waals surface area contributed by atoms with Crippen molar-refractivity contribution < 1.29 is 40.9 Å². The van der Waals surface area contributed by atoms with E-state index in [0.29, 0.717) is 70.6 Å². The van der Waals surface area contributed by atoms with E-state index in [9.17, 15) is 40.9 Å². The van der Waals surface area contributed by atoms with Crippen molar-refractivity contribution in [3.63, 3.8) is 0 Å². The molecule has 72 heavy (non-hydrogen) atoms. The Morgan fingerprint density at radius 1 is 0.278 bits per heavy atom. The van der Waals surface area contributed by atoms with Gasteiger partial charge in [0.15, 0.2) is 23.3 Å². The van der Waals surface area contributed by atoms with Gasteiger partial charge in [-0.05, 0) is 77.0 Å². The van der Waals surface area contributed by atoms with Crippen LogP contribution in [0.5, 0.6) is 0 Å². The van der Waals surface area contributed by atoms with Crippen LogP contribution >= 0.6 is 0 Å². The van der Waals surface area contributed by atoms with E-state index in [1.807, 2.05) is 9.80 Å². The van der Waals surface area contributed by atoms with Crippen LogP contribution in [-0.4, -0.2) is 238 Å². The molecule has 24 heteroatoms. The lowest BCUT2D eigenvalue weighted by Crippen LogP contribution is -2.36. The molecule has 4 fully saturated rings. The fourth-order valence-electron chi connectivity index (χ4n) is 10.0. The Morgan fingerprint density at radius 3 is 0.986 bits per heavy atom. The monoisotopic (exact) mass is 1010 g/mol. The van der Waals surface area contributed by atoms with Gasteiger partial charge in [0.25, 0.3) is 0 Å². The van der Waals surface area contributed by atoms with Gasteiger partial charge in [-0.1, -0.05) is 0 Å². The molecule has 4 aliphatic heterocycles. The largest absolute Gasteiger partial charge is 0.395 e. The lowest BCUT2D eigenvalue weighted by molar-refractivity contribution is 0.279. The van der Waals surface area contributed by atoms with Gasteiger partial charge >= 0.3 is 0 Å². The number of hydrogen-bond donors (Lipinski definition) is 8. The summed E-state index contributed by atoms with van der Waals surface area (Å²) in [5.41, 5.74) is 2.40. The zero-order valence-corrected chi connectivity index (χ0v) is 42.2. The summed E-state index contributed by atoms with van der Waals surface area (Å²) in [7, 11) is 0. The summed E-state index contributed by atoms with van der Waals surface area (Å²) in [6.45, 7) is 8.43. The van der Waals surface area contributed by atoms with E-state index in [0.717, 1.165) is 115 Å². The minimum Gasteiger partial charge on any atom is -0.395 e. The third kappa shape index (κ3) is 13.7. The molecule has 4 aliphatic rings. The molecule has 0 amide bonds. The number of anilines is 8. The molecule has 4 aromatic rings. The zero-order valence-electron chi connectivity index (χ0n) is 42.2. The molecule has 0 atom stereocenters. The number of nitrogens with zero attached hydrogens (tertiary/aromatic N) is 16. The Hall–Kier alpha value is -5.08. The molecule has 8 N–H and O–H groups in total. The molecule has 8 rings (SSSR count). The van der Waals surface area contributed by atoms with Gasteiger partial charge in [-0.15, -0.1) is 0 Å². The van der Waals surface area contributed by atoms with E-state index in [2.05, 4.69) is 19.6 Å². The second-order valence-corrected chi connectivity index (χ2v) is 18.7. The summed E-state index contributed by atoms with van der Waals surface area (Å²) in [4.78, 5) is 55.6. The molecule has 4 saturated heterocycles. The molecule has 0 radical (unpaired) electrons. The molecule has 0 aliphatic carbocycles. The molecule has 8 heterocycles. The Kier molecular flexibility index (Phi) is 21.6. The normalized spacial score (nSPS) is 16.6. The molecule has 0 spiro atoms. The lowest BCUT2D eigenvalue weighted by atomic mass is 10.1. The van der Waals surface area contributed by atoms with Crippen LogP contribution in [0, 0.1) is 0 Å². The van der Waals surface area contributed by atoms with Gasteiger partial charge in [0.1, 0.15) is 22.1 Å². The van der Waals surface area contributed by atoms with Gasteiger partial charge in [0.2, 0.25) is 23.8 Å². The minimum absolute atomic E-state index is 0.0946. The number of aliphatic hydroxyl groups is 8. The Balaban J connectivity index is 0.000000211. The van der Waals surface area contributed by atoms with Gasteiger partial charge in [-0.25, -0.2) is 19.9 Å². The number of rotatable bonds is 24. The Morgan fingerprint density at radius 2 is 0.569 bits per heavy atom. The molecule has 4 aromatic heterocycles. The van der Waals surface area contributed by atoms with Crippen molar-refractivity contribution in [3.05, 3.63) is 0 Å². The predicted octanol–water partition coefficient (Wildman–Crippen LogP) is -0.0352. The molecule has 0 saturated carbocycles. The molecule has 400 valence electrons. The van der Waals surface area contributed by atoms with Crippen LogP contribution < -0.4 is 39.2 Å². The van der Waals surface area contributed by atoms with E-state index in [1.165, 1.54) is 25.7 Å². The summed E-state index contributed by atoms with van der Waals surface area (Å²) >= 11 is 0. The van der Waals surface area contributed by atoms with Crippen LogP contribution in [0.25, 0.3) is 22.1 Å². The first-order valence-electron chi connectivity index (χ1n) is 26.5. The van der Waals surface area contributed by atoms with E-state index >= 15 is 0 Å². The smallest absolute Gasteiger partial charge is 0.228 e. The summed E-state index contributed by atoms with van der Waals surface area (Å²) in [5, 5.41) is 77.6. The lowest BCUT2D eigenvalue weighted by Gasteiger charge is -2.32.